The molecule has 2 aliphatic rings. The fraction of sp³-hybridized carbons (Fsp3) is 0.385. The van der Waals surface area contributed by atoms with Gasteiger partial charge in [0.15, 0.2) is 5.69 Å². The van der Waals surface area contributed by atoms with Crippen molar-refractivity contribution in [2.75, 3.05) is 49.5 Å². The Bertz CT molecular complexity index is 1200. The van der Waals surface area contributed by atoms with Gasteiger partial charge in [-0.2, -0.15) is 10.4 Å². The number of nitrogens with one attached hydrogen (secondary N) is 1. The monoisotopic (exact) mass is 490 g/mol. The third-order valence-corrected chi connectivity index (χ3v) is 6.57. The number of carbonyl (C=O) groups excluding carboxylic acids is 1. The molecule has 0 atom stereocenters. The van der Waals surface area contributed by atoms with Crippen LogP contribution in [0.2, 0.25) is 0 Å². The number of halogens is 1. The van der Waals surface area contributed by atoms with Crippen LogP contribution in [0.3, 0.4) is 0 Å². The van der Waals surface area contributed by atoms with Crippen LogP contribution >= 0.6 is 0 Å². The molecule has 1 fully saturated rings. The number of rotatable bonds is 10. The molecular formula is C26H31FN8O. The van der Waals surface area contributed by atoms with Crippen LogP contribution in [0.4, 0.5) is 16.0 Å². The molecule has 0 bridgehead atoms. The number of hydrogen-bond acceptors (Lipinski definition) is 7. The highest BCUT2D eigenvalue weighted by atomic mass is 19.1. The van der Waals surface area contributed by atoms with Crippen molar-refractivity contribution in [1.82, 2.24) is 24.6 Å². The molecule has 2 aromatic heterocycles. The van der Waals surface area contributed by atoms with Gasteiger partial charge in [0.25, 0.3) is 0 Å². The number of anilines is 2. The highest BCUT2D eigenvalue weighted by Crippen LogP contribution is 2.35. The Morgan fingerprint density at radius 3 is 2.78 bits per heavy atom. The van der Waals surface area contributed by atoms with Crippen molar-refractivity contribution >= 4 is 23.7 Å². The second-order valence-electron chi connectivity index (χ2n) is 9.08. The van der Waals surface area contributed by atoms with Crippen LogP contribution in [-0.2, 0) is 4.79 Å². The minimum absolute atomic E-state index is 0.265. The normalized spacial score (nSPS) is 15.9. The van der Waals surface area contributed by atoms with Gasteiger partial charge in [-0.05, 0) is 45.0 Å². The van der Waals surface area contributed by atoms with Crippen LogP contribution in [0.1, 0.15) is 31.9 Å². The lowest BCUT2D eigenvalue weighted by Crippen LogP contribution is -2.40. The molecule has 9 nitrogen and oxygen atoms in total. The molecule has 0 aliphatic carbocycles. The van der Waals surface area contributed by atoms with Crippen molar-refractivity contribution in [2.24, 2.45) is 0 Å². The van der Waals surface area contributed by atoms with Crippen molar-refractivity contribution in [3.63, 3.8) is 0 Å². The summed E-state index contributed by atoms with van der Waals surface area (Å²) in [6, 6.07) is 6.64. The number of nitriles is 1. The summed E-state index contributed by atoms with van der Waals surface area (Å²) in [5, 5.41) is 16.9. The van der Waals surface area contributed by atoms with Crippen LogP contribution in [0.15, 0.2) is 54.5 Å². The molecule has 0 aromatic carbocycles. The van der Waals surface area contributed by atoms with E-state index < -0.39 is 5.82 Å². The number of piperidine rings is 1. The zero-order chi connectivity index (χ0) is 25.7. The van der Waals surface area contributed by atoms with Gasteiger partial charge in [-0.1, -0.05) is 19.6 Å². The minimum Gasteiger partial charge on any atom is -0.343 e. The van der Waals surface area contributed by atoms with Crippen LogP contribution in [-0.4, -0.2) is 70.2 Å². The van der Waals surface area contributed by atoms with Crippen LogP contribution in [0.5, 0.6) is 0 Å². The average Bonchev–Trinajstić information content (AvgIpc) is 3.33. The first-order valence-corrected chi connectivity index (χ1v) is 12.0. The van der Waals surface area contributed by atoms with Gasteiger partial charge >= 0.3 is 0 Å². The highest BCUT2D eigenvalue weighted by molar-refractivity contribution is 5.76. The molecule has 188 valence electrons. The minimum atomic E-state index is -0.419. The maximum absolute atomic E-state index is 13.2. The summed E-state index contributed by atoms with van der Waals surface area (Å²) in [4.78, 5) is 22.1. The zero-order valence-electron chi connectivity index (χ0n) is 20.6. The van der Waals surface area contributed by atoms with Crippen molar-refractivity contribution in [3.8, 4) is 6.07 Å². The summed E-state index contributed by atoms with van der Waals surface area (Å²) in [5.74, 6) is 0.733. The Labute approximate surface area is 210 Å². The third kappa shape index (κ3) is 5.63. The van der Waals surface area contributed by atoms with Gasteiger partial charge in [0.05, 0.1) is 18.4 Å². The van der Waals surface area contributed by atoms with E-state index in [1.165, 1.54) is 31.4 Å². The molecule has 4 heterocycles. The number of likely N-dealkylation sites (tertiary alicyclic amines) is 1. The van der Waals surface area contributed by atoms with E-state index in [0.29, 0.717) is 42.7 Å². The van der Waals surface area contributed by atoms with Crippen molar-refractivity contribution in [2.45, 2.75) is 26.2 Å². The van der Waals surface area contributed by atoms with E-state index in [0.717, 1.165) is 43.5 Å². The average molecular weight is 491 g/mol. The molecule has 2 aromatic rings. The molecule has 0 unspecified atom stereocenters. The molecule has 0 radical (unpaired) electrons. The van der Waals surface area contributed by atoms with Crippen LogP contribution < -0.4 is 10.2 Å². The summed E-state index contributed by atoms with van der Waals surface area (Å²) in [7, 11) is 0. The van der Waals surface area contributed by atoms with E-state index in [2.05, 4.69) is 39.5 Å². The number of carbonyl (C=O) groups is 1. The maximum atomic E-state index is 13.2. The van der Waals surface area contributed by atoms with Crippen LogP contribution in [0, 0.1) is 17.1 Å². The molecular weight excluding hydrogens is 459 g/mol. The summed E-state index contributed by atoms with van der Waals surface area (Å²) in [5.41, 5.74) is 3.25. The van der Waals surface area contributed by atoms with Gasteiger partial charge in [-0.15, -0.1) is 0 Å². The van der Waals surface area contributed by atoms with Crippen molar-refractivity contribution < 1.29 is 9.18 Å². The van der Waals surface area contributed by atoms with Gasteiger partial charge in [-0.25, -0.2) is 14.1 Å². The number of amides is 1. The number of pyridine rings is 1. The summed E-state index contributed by atoms with van der Waals surface area (Å²) >= 11 is 0. The first kappa shape index (κ1) is 25.1. The highest BCUT2D eigenvalue weighted by Gasteiger charge is 2.29. The van der Waals surface area contributed by atoms with Crippen molar-refractivity contribution in [3.05, 3.63) is 66.0 Å². The molecule has 36 heavy (non-hydrogen) atoms. The molecule has 2 aliphatic heterocycles. The second kappa shape index (κ2) is 11.2. The molecule has 0 saturated carbocycles. The fourth-order valence-corrected chi connectivity index (χ4v) is 4.58. The largest absolute Gasteiger partial charge is 0.343 e. The molecule has 1 N–H and O–H groups in total. The Morgan fingerprint density at radius 2 is 2.11 bits per heavy atom. The Hall–Kier alpha value is -3.97. The Morgan fingerprint density at radius 1 is 1.33 bits per heavy atom. The SMILES string of the molecule is C=C(CN1C(C)=C(CN(C=O)CCN2CCCCC2)C(=C)n2nc(C#N)cc21)Nc1ccc(F)cn1. The summed E-state index contributed by atoms with van der Waals surface area (Å²) < 4.78 is 14.9. The standard InChI is InChI=1S/C26H31FN8O/c1-19(30-25-8-7-22(27)15-29-25)16-34-20(2)24(21(3)35-26(34)13-23(14-28)31-35)17-33(18-36)12-11-32-9-5-4-6-10-32/h7-8,13,15,18H,1,3-6,9-12,16-17H2,2H3,(H,29,30). The first-order valence-electron chi connectivity index (χ1n) is 12.0. The number of aromatic nitrogens is 3. The van der Waals surface area contributed by atoms with Gasteiger partial charge in [0.1, 0.15) is 23.5 Å². The van der Waals surface area contributed by atoms with E-state index in [1.54, 1.807) is 15.6 Å². The molecule has 1 saturated heterocycles. The van der Waals surface area contributed by atoms with Gasteiger partial charge in [0, 0.05) is 42.7 Å². The lowest BCUT2D eigenvalue weighted by atomic mass is 10.1. The lowest BCUT2D eigenvalue weighted by molar-refractivity contribution is -0.118. The molecule has 10 heteroatoms. The topological polar surface area (TPSA) is 93.3 Å². The van der Waals surface area contributed by atoms with E-state index in [1.807, 2.05) is 11.8 Å². The predicted octanol–water partition coefficient (Wildman–Crippen LogP) is 3.42. The fourth-order valence-electron chi connectivity index (χ4n) is 4.58. The smallest absolute Gasteiger partial charge is 0.210 e. The summed E-state index contributed by atoms with van der Waals surface area (Å²) in [6.45, 7) is 14.6. The number of allylic oxidation sites excluding steroid dienone is 1. The quantitative estimate of drug-likeness (QED) is 0.510. The third-order valence-electron chi connectivity index (χ3n) is 6.57. The lowest BCUT2D eigenvalue weighted by Gasteiger charge is -2.35. The first-order chi connectivity index (χ1) is 17.4. The van der Waals surface area contributed by atoms with Gasteiger partial charge < -0.3 is 20.0 Å². The number of fused-ring (bicyclic) bond motifs is 1. The van der Waals surface area contributed by atoms with Crippen LogP contribution in [0.25, 0.3) is 5.70 Å². The van der Waals surface area contributed by atoms with E-state index in [-0.39, 0.29) is 5.69 Å². The van der Waals surface area contributed by atoms with Crippen molar-refractivity contribution in [1.29, 1.82) is 5.26 Å². The van der Waals surface area contributed by atoms with E-state index in [9.17, 15) is 14.4 Å². The van der Waals surface area contributed by atoms with E-state index in [4.69, 9.17) is 0 Å². The molecule has 1 amide bonds. The van der Waals surface area contributed by atoms with Gasteiger partial charge in [-0.3, -0.25) is 4.79 Å². The number of nitrogens with zero attached hydrogens (tertiary/aromatic N) is 7. The maximum Gasteiger partial charge on any atom is 0.210 e. The predicted molar refractivity (Wildman–Crippen MR) is 137 cm³/mol. The van der Waals surface area contributed by atoms with E-state index >= 15 is 0 Å². The van der Waals surface area contributed by atoms with Gasteiger partial charge in [0.2, 0.25) is 6.41 Å². The Kier molecular flexibility index (Phi) is 7.80. The number of hydrogen-bond donors (Lipinski definition) is 1. The Balaban J connectivity index is 1.54. The second-order valence-corrected chi connectivity index (χ2v) is 9.08. The zero-order valence-corrected chi connectivity index (χ0v) is 20.6. The molecule has 0 spiro atoms. The molecule has 4 rings (SSSR count). The summed E-state index contributed by atoms with van der Waals surface area (Å²) in [6.07, 6.45) is 5.68.